The van der Waals surface area contributed by atoms with Crippen molar-refractivity contribution in [3.05, 3.63) is 65.2 Å². The lowest BCUT2D eigenvalue weighted by Gasteiger charge is -2.36. The minimum absolute atomic E-state index is 0.0660. The molecule has 0 spiro atoms. The van der Waals surface area contributed by atoms with E-state index in [-0.39, 0.29) is 5.97 Å². The van der Waals surface area contributed by atoms with E-state index in [1.54, 1.807) is 0 Å². The van der Waals surface area contributed by atoms with Crippen molar-refractivity contribution in [2.45, 2.75) is 18.8 Å². The number of benzene rings is 2. The number of carbonyl (C=O) groups excluding carboxylic acids is 1. The Kier molecular flexibility index (Phi) is 5.61. The fourth-order valence-corrected chi connectivity index (χ4v) is 4.62. The van der Waals surface area contributed by atoms with Gasteiger partial charge in [0.25, 0.3) is 0 Å². The quantitative estimate of drug-likeness (QED) is 0.689. The molecule has 2 aromatic rings. The summed E-state index contributed by atoms with van der Waals surface area (Å²) in [5.41, 5.74) is 1.82. The van der Waals surface area contributed by atoms with Gasteiger partial charge in [0.1, 0.15) is 0 Å². The topological polar surface area (TPSA) is 32.8 Å². The summed E-state index contributed by atoms with van der Waals surface area (Å²) in [6, 6.07) is 18.2. The van der Waals surface area contributed by atoms with Crippen molar-refractivity contribution >= 4 is 23.3 Å². The van der Waals surface area contributed by atoms with Gasteiger partial charge in [-0.3, -0.25) is 9.69 Å². The van der Waals surface area contributed by atoms with Gasteiger partial charge in [-0.25, -0.2) is 0 Å². The summed E-state index contributed by atoms with van der Waals surface area (Å²) in [5, 5.41) is 0.778. The average Bonchev–Trinajstić information content (AvgIpc) is 3.44. The van der Waals surface area contributed by atoms with Crippen LogP contribution in [0.15, 0.2) is 54.6 Å². The van der Waals surface area contributed by atoms with Crippen LogP contribution in [0.1, 0.15) is 18.9 Å². The molecule has 0 amide bonds. The zero-order valence-corrected chi connectivity index (χ0v) is 17.1. The van der Waals surface area contributed by atoms with Gasteiger partial charge >= 0.3 is 5.97 Å². The molecule has 4 nitrogen and oxygen atoms in total. The number of nitrogens with zero attached hydrogens (tertiary/aromatic N) is 2. The maximum Gasteiger partial charge on any atom is 0.316 e. The third-order valence-electron chi connectivity index (χ3n) is 6.06. The summed E-state index contributed by atoms with van der Waals surface area (Å²) < 4.78 is 5.45. The third kappa shape index (κ3) is 3.76. The van der Waals surface area contributed by atoms with Crippen molar-refractivity contribution < 1.29 is 9.53 Å². The van der Waals surface area contributed by atoms with E-state index in [0.717, 1.165) is 49.7 Å². The van der Waals surface area contributed by atoms with Crippen molar-refractivity contribution in [1.29, 1.82) is 0 Å². The molecule has 5 heteroatoms. The maximum atomic E-state index is 12.8. The molecule has 1 saturated carbocycles. The summed E-state index contributed by atoms with van der Waals surface area (Å²) >= 11 is 6.13. The Labute approximate surface area is 172 Å². The van der Waals surface area contributed by atoms with Gasteiger partial charge in [-0.05, 0) is 43.0 Å². The number of halogens is 1. The molecule has 2 fully saturated rings. The molecule has 28 heavy (non-hydrogen) atoms. The lowest BCUT2D eigenvalue weighted by molar-refractivity contribution is -0.146. The second-order valence-corrected chi connectivity index (χ2v) is 8.16. The van der Waals surface area contributed by atoms with Gasteiger partial charge < -0.3 is 9.64 Å². The number of hydrogen-bond donors (Lipinski definition) is 0. The molecule has 2 aromatic carbocycles. The van der Waals surface area contributed by atoms with Crippen LogP contribution in [0.25, 0.3) is 0 Å². The third-order valence-corrected chi connectivity index (χ3v) is 6.29. The normalized spacial score (nSPS) is 24.8. The average molecular weight is 399 g/mol. The Balaban J connectivity index is 1.39. The van der Waals surface area contributed by atoms with Crippen molar-refractivity contribution in [1.82, 2.24) is 4.90 Å². The van der Waals surface area contributed by atoms with Gasteiger partial charge in [-0.1, -0.05) is 48.0 Å². The van der Waals surface area contributed by atoms with Crippen LogP contribution in [0.2, 0.25) is 5.02 Å². The molecule has 1 heterocycles. The first-order chi connectivity index (χ1) is 13.6. The highest BCUT2D eigenvalue weighted by Gasteiger charge is 2.62. The molecule has 1 aliphatic heterocycles. The van der Waals surface area contributed by atoms with Crippen molar-refractivity contribution in [3.63, 3.8) is 0 Å². The molecule has 0 N–H and O–H groups in total. The lowest BCUT2D eigenvalue weighted by atomic mass is 9.93. The van der Waals surface area contributed by atoms with E-state index >= 15 is 0 Å². The van der Waals surface area contributed by atoms with Gasteiger partial charge in [-0.15, -0.1) is 0 Å². The van der Waals surface area contributed by atoms with Crippen molar-refractivity contribution in [2.24, 2.45) is 5.92 Å². The smallest absolute Gasteiger partial charge is 0.316 e. The molecule has 1 aliphatic carbocycles. The highest BCUT2D eigenvalue weighted by Crippen LogP contribution is 2.55. The Bertz CT molecular complexity index is 820. The molecule has 148 valence electrons. The van der Waals surface area contributed by atoms with Crippen LogP contribution in [0.3, 0.4) is 0 Å². The summed E-state index contributed by atoms with van der Waals surface area (Å²) in [7, 11) is 0. The molecule has 1 saturated heterocycles. The van der Waals surface area contributed by atoms with Gasteiger partial charge in [-0.2, -0.15) is 0 Å². The minimum Gasteiger partial charge on any atom is -0.465 e. The van der Waals surface area contributed by atoms with E-state index in [9.17, 15) is 4.79 Å². The lowest BCUT2D eigenvalue weighted by Crippen LogP contribution is -2.47. The molecule has 4 rings (SSSR count). The first-order valence-corrected chi connectivity index (χ1v) is 10.5. The number of piperazine rings is 1. The molecular weight excluding hydrogens is 372 g/mol. The van der Waals surface area contributed by atoms with Crippen LogP contribution in [0.5, 0.6) is 0 Å². The molecule has 0 aromatic heterocycles. The molecule has 0 radical (unpaired) electrons. The fraction of sp³-hybridized carbons (Fsp3) is 0.435. The molecule has 2 atom stereocenters. The van der Waals surface area contributed by atoms with Gasteiger partial charge in [0.2, 0.25) is 0 Å². The fourth-order valence-electron chi connectivity index (χ4n) is 4.44. The second-order valence-electron chi connectivity index (χ2n) is 7.73. The Morgan fingerprint density at radius 1 is 1.11 bits per heavy atom. The zero-order chi connectivity index (χ0) is 19.6. The second kappa shape index (κ2) is 8.14. The number of anilines is 1. The van der Waals surface area contributed by atoms with Crippen LogP contribution in [0.4, 0.5) is 5.69 Å². The highest BCUT2D eigenvalue weighted by atomic mass is 35.5. The molecule has 0 bridgehead atoms. The summed E-state index contributed by atoms with van der Waals surface area (Å²) in [5.74, 6) is 0.260. The summed E-state index contributed by atoms with van der Waals surface area (Å²) in [6.07, 6.45) is 0.879. The number of ether oxygens (including phenoxy) is 1. The number of carbonyl (C=O) groups is 1. The monoisotopic (exact) mass is 398 g/mol. The Hall–Kier alpha value is -2.04. The summed E-state index contributed by atoms with van der Waals surface area (Å²) in [6.45, 7) is 7.20. The predicted octanol–water partition coefficient (Wildman–Crippen LogP) is 3.98. The zero-order valence-electron chi connectivity index (χ0n) is 16.3. The predicted molar refractivity (Wildman–Crippen MR) is 113 cm³/mol. The molecule has 2 unspecified atom stereocenters. The number of esters is 1. The van der Waals surface area contributed by atoms with Crippen molar-refractivity contribution in [3.8, 4) is 0 Å². The van der Waals surface area contributed by atoms with Gasteiger partial charge in [0.05, 0.1) is 12.0 Å². The standard InChI is InChI=1S/C23H27ClN2O2/c1-2-28-22(27)23(18-7-4-3-5-8-18)16-19(23)17-25-11-13-26(14-12-25)21-10-6-9-20(24)15-21/h3-10,15,19H,2,11-14,16-17H2,1H3. The SMILES string of the molecule is CCOC(=O)C1(c2ccccc2)CC1CN1CCN(c2cccc(Cl)c2)CC1. The van der Waals surface area contributed by atoms with Crippen LogP contribution >= 0.6 is 11.6 Å². The van der Waals surface area contributed by atoms with Crippen LogP contribution in [-0.4, -0.2) is 50.2 Å². The Morgan fingerprint density at radius 2 is 1.86 bits per heavy atom. The first-order valence-electron chi connectivity index (χ1n) is 10.1. The maximum absolute atomic E-state index is 12.8. The summed E-state index contributed by atoms with van der Waals surface area (Å²) in [4.78, 5) is 17.6. The highest BCUT2D eigenvalue weighted by molar-refractivity contribution is 6.30. The minimum atomic E-state index is -0.457. The van der Waals surface area contributed by atoms with E-state index in [4.69, 9.17) is 16.3 Å². The van der Waals surface area contributed by atoms with E-state index in [0.29, 0.717) is 12.5 Å². The van der Waals surface area contributed by atoms with E-state index in [1.165, 1.54) is 5.69 Å². The number of hydrogen-bond acceptors (Lipinski definition) is 4. The van der Waals surface area contributed by atoms with Crippen LogP contribution in [-0.2, 0) is 14.9 Å². The van der Waals surface area contributed by atoms with Gasteiger partial charge in [0.15, 0.2) is 0 Å². The Morgan fingerprint density at radius 3 is 2.54 bits per heavy atom. The largest absolute Gasteiger partial charge is 0.465 e. The first kappa shape index (κ1) is 19.3. The van der Waals surface area contributed by atoms with Gasteiger partial charge in [0, 0.05) is 43.4 Å². The number of rotatable bonds is 6. The van der Waals surface area contributed by atoms with E-state index in [2.05, 4.69) is 28.0 Å². The molecule has 2 aliphatic rings. The van der Waals surface area contributed by atoms with E-state index < -0.39 is 5.41 Å². The van der Waals surface area contributed by atoms with Crippen LogP contribution in [0, 0.1) is 5.92 Å². The van der Waals surface area contributed by atoms with Crippen molar-refractivity contribution in [2.75, 3.05) is 44.2 Å². The van der Waals surface area contributed by atoms with E-state index in [1.807, 2.05) is 43.3 Å². The van der Waals surface area contributed by atoms with Crippen LogP contribution < -0.4 is 4.90 Å². The molecular formula is C23H27ClN2O2.